The lowest BCUT2D eigenvalue weighted by Crippen LogP contribution is -2.24. The fourth-order valence-corrected chi connectivity index (χ4v) is 1.89. The third-order valence-electron chi connectivity index (χ3n) is 2.87. The number of aliphatic hydroxyl groups is 1. The lowest BCUT2D eigenvalue weighted by Gasteiger charge is -2.25. The molecule has 0 saturated heterocycles. The molecule has 2 heteroatoms. The molecule has 1 N–H and O–H groups in total. The summed E-state index contributed by atoms with van der Waals surface area (Å²) in [5, 5.41) is 10.7. The Balaban J connectivity index is 2.56. The zero-order chi connectivity index (χ0) is 12.3. The predicted octanol–water partition coefficient (Wildman–Crippen LogP) is 2.81. The predicted molar refractivity (Wildman–Crippen MR) is 68.6 cm³/mol. The van der Waals surface area contributed by atoms with Crippen LogP contribution in [0.4, 0.5) is 0 Å². The van der Waals surface area contributed by atoms with E-state index in [0.29, 0.717) is 0 Å². The van der Waals surface area contributed by atoms with Crippen LogP contribution >= 0.6 is 0 Å². The van der Waals surface area contributed by atoms with Crippen molar-refractivity contribution in [3.05, 3.63) is 78.1 Å². The zero-order valence-electron chi connectivity index (χ0n) is 9.80. The number of rotatable bonds is 3. The Morgan fingerprint density at radius 1 is 1.18 bits per heavy atom. The Labute approximate surface area is 101 Å². The molecule has 0 radical (unpaired) electrons. The molecule has 0 fully saturated rings. The van der Waals surface area contributed by atoms with Crippen LogP contribution < -0.4 is 0 Å². The number of nitrogens with zero attached hydrogens (tertiary/aromatic N) is 1. The first-order valence-corrected chi connectivity index (χ1v) is 5.50. The van der Waals surface area contributed by atoms with E-state index >= 15 is 0 Å². The molecule has 2 nitrogen and oxygen atoms in total. The van der Waals surface area contributed by atoms with Gasteiger partial charge in [-0.25, -0.2) is 0 Å². The second-order valence-electron chi connectivity index (χ2n) is 4.08. The van der Waals surface area contributed by atoms with Gasteiger partial charge in [0.2, 0.25) is 0 Å². The molecule has 0 aliphatic heterocycles. The van der Waals surface area contributed by atoms with E-state index in [-0.39, 0.29) is 0 Å². The molecule has 1 heterocycles. The molecule has 2 rings (SSSR count). The van der Waals surface area contributed by atoms with Crippen molar-refractivity contribution < 1.29 is 5.11 Å². The number of hydrogen-bond acceptors (Lipinski definition) is 2. The molecule has 1 aromatic heterocycles. The van der Waals surface area contributed by atoms with E-state index in [1.54, 1.807) is 30.6 Å². The fourth-order valence-electron chi connectivity index (χ4n) is 1.89. The molecule has 0 bridgehead atoms. The highest BCUT2D eigenvalue weighted by Crippen LogP contribution is 2.30. The first-order valence-electron chi connectivity index (χ1n) is 5.50. The van der Waals surface area contributed by atoms with Crippen LogP contribution in [0.1, 0.15) is 16.7 Å². The van der Waals surface area contributed by atoms with Crippen LogP contribution in [0.5, 0.6) is 0 Å². The molecule has 1 aromatic carbocycles. The average molecular weight is 225 g/mol. The van der Waals surface area contributed by atoms with Gasteiger partial charge < -0.3 is 5.11 Å². The van der Waals surface area contributed by atoms with Crippen LogP contribution in [-0.2, 0) is 5.60 Å². The van der Waals surface area contributed by atoms with Crippen molar-refractivity contribution in [3.63, 3.8) is 0 Å². The summed E-state index contributed by atoms with van der Waals surface area (Å²) < 4.78 is 0. The maximum absolute atomic E-state index is 10.7. The van der Waals surface area contributed by atoms with Crippen molar-refractivity contribution in [3.8, 4) is 0 Å². The van der Waals surface area contributed by atoms with Gasteiger partial charge in [0.15, 0.2) is 0 Å². The van der Waals surface area contributed by atoms with Gasteiger partial charge in [-0.05, 0) is 30.2 Å². The van der Waals surface area contributed by atoms with Crippen LogP contribution in [0.15, 0.2) is 61.4 Å². The van der Waals surface area contributed by atoms with Crippen LogP contribution in [0.3, 0.4) is 0 Å². The van der Waals surface area contributed by atoms with Crippen molar-refractivity contribution >= 4 is 0 Å². The Hall–Kier alpha value is -1.93. The number of aryl methyl sites for hydroxylation is 1. The van der Waals surface area contributed by atoms with Crippen LogP contribution in [0.2, 0.25) is 0 Å². The normalized spacial score (nSPS) is 14.0. The largest absolute Gasteiger partial charge is 0.377 e. The van der Waals surface area contributed by atoms with Crippen molar-refractivity contribution in [2.45, 2.75) is 12.5 Å². The summed E-state index contributed by atoms with van der Waals surface area (Å²) in [5.74, 6) is 0. The summed E-state index contributed by atoms with van der Waals surface area (Å²) in [6.45, 7) is 5.74. The zero-order valence-corrected chi connectivity index (χ0v) is 9.80. The Morgan fingerprint density at radius 2 is 1.88 bits per heavy atom. The molecule has 2 aromatic rings. The highest BCUT2D eigenvalue weighted by atomic mass is 16.3. The standard InChI is InChI=1S/C15H15NO/c1-3-15(17,13-7-9-16-10-8-13)14-6-4-5-12(2)11-14/h3-11,17H,1H2,2H3/t15-/m1/s1. The van der Waals surface area contributed by atoms with E-state index in [1.165, 1.54) is 0 Å². The number of pyridine rings is 1. The van der Waals surface area contributed by atoms with Crippen LogP contribution in [0.25, 0.3) is 0 Å². The van der Waals surface area contributed by atoms with Crippen molar-refractivity contribution in [2.24, 2.45) is 0 Å². The van der Waals surface area contributed by atoms with Gasteiger partial charge in [-0.3, -0.25) is 4.98 Å². The maximum Gasteiger partial charge on any atom is 0.133 e. The van der Waals surface area contributed by atoms with E-state index in [2.05, 4.69) is 11.6 Å². The minimum atomic E-state index is -1.16. The van der Waals surface area contributed by atoms with Crippen LogP contribution in [0, 0.1) is 6.92 Å². The highest BCUT2D eigenvalue weighted by molar-refractivity contribution is 5.40. The summed E-state index contributed by atoms with van der Waals surface area (Å²) in [6.07, 6.45) is 4.89. The SMILES string of the molecule is C=C[C@@](O)(c1ccncc1)c1cccc(C)c1. The molecular weight excluding hydrogens is 210 g/mol. The smallest absolute Gasteiger partial charge is 0.133 e. The Morgan fingerprint density at radius 3 is 2.47 bits per heavy atom. The minimum absolute atomic E-state index is 0.771. The molecule has 0 amide bonds. The van der Waals surface area contributed by atoms with Gasteiger partial charge in [0.1, 0.15) is 5.60 Å². The van der Waals surface area contributed by atoms with E-state index in [9.17, 15) is 5.11 Å². The van der Waals surface area contributed by atoms with E-state index in [0.717, 1.165) is 16.7 Å². The van der Waals surface area contributed by atoms with E-state index < -0.39 is 5.60 Å². The molecule has 0 spiro atoms. The second-order valence-corrected chi connectivity index (χ2v) is 4.08. The van der Waals surface area contributed by atoms with E-state index in [4.69, 9.17) is 0 Å². The molecule has 17 heavy (non-hydrogen) atoms. The molecule has 1 atom stereocenters. The third-order valence-corrected chi connectivity index (χ3v) is 2.87. The highest BCUT2D eigenvalue weighted by Gasteiger charge is 2.27. The molecular formula is C15H15NO. The summed E-state index contributed by atoms with van der Waals surface area (Å²) >= 11 is 0. The molecule has 0 aliphatic carbocycles. The number of hydrogen-bond donors (Lipinski definition) is 1. The maximum atomic E-state index is 10.7. The average Bonchev–Trinajstić information content (AvgIpc) is 2.39. The molecule has 86 valence electrons. The summed E-state index contributed by atoms with van der Waals surface area (Å²) in [5.41, 5.74) is 1.54. The lowest BCUT2D eigenvalue weighted by atomic mass is 9.86. The van der Waals surface area contributed by atoms with Gasteiger partial charge in [0.25, 0.3) is 0 Å². The summed E-state index contributed by atoms with van der Waals surface area (Å²) in [7, 11) is 0. The minimum Gasteiger partial charge on any atom is -0.377 e. The van der Waals surface area contributed by atoms with Gasteiger partial charge >= 0.3 is 0 Å². The number of benzene rings is 1. The first kappa shape index (κ1) is 11.6. The van der Waals surface area contributed by atoms with Gasteiger partial charge in [0.05, 0.1) is 0 Å². The number of aromatic nitrogens is 1. The van der Waals surface area contributed by atoms with Gasteiger partial charge in [0, 0.05) is 12.4 Å². The fraction of sp³-hybridized carbons (Fsp3) is 0.133. The molecule has 0 saturated carbocycles. The van der Waals surface area contributed by atoms with E-state index in [1.807, 2.05) is 31.2 Å². The lowest BCUT2D eigenvalue weighted by molar-refractivity contribution is 0.135. The van der Waals surface area contributed by atoms with Crippen molar-refractivity contribution in [1.82, 2.24) is 4.98 Å². The summed E-state index contributed by atoms with van der Waals surface area (Å²) in [6, 6.07) is 11.4. The van der Waals surface area contributed by atoms with Crippen LogP contribution in [-0.4, -0.2) is 10.1 Å². The Kier molecular flexibility index (Phi) is 3.07. The topological polar surface area (TPSA) is 33.1 Å². The van der Waals surface area contributed by atoms with Gasteiger partial charge in [-0.2, -0.15) is 0 Å². The first-order chi connectivity index (χ1) is 8.16. The van der Waals surface area contributed by atoms with Crippen molar-refractivity contribution in [1.29, 1.82) is 0 Å². The van der Waals surface area contributed by atoms with Gasteiger partial charge in [-0.1, -0.05) is 42.5 Å². The Bertz CT molecular complexity index is 521. The van der Waals surface area contributed by atoms with Crippen molar-refractivity contribution in [2.75, 3.05) is 0 Å². The van der Waals surface area contributed by atoms with Gasteiger partial charge in [-0.15, -0.1) is 0 Å². The molecule has 0 unspecified atom stereocenters. The molecule has 0 aliphatic rings. The summed E-state index contributed by atoms with van der Waals surface area (Å²) in [4.78, 5) is 3.96. The quantitative estimate of drug-likeness (QED) is 0.815. The third kappa shape index (κ3) is 2.12. The monoisotopic (exact) mass is 225 g/mol. The second kappa shape index (κ2) is 4.52.